The Bertz CT molecular complexity index is 1300. The van der Waals surface area contributed by atoms with Crippen molar-refractivity contribution in [3.05, 3.63) is 95.1 Å². The second-order valence-corrected chi connectivity index (χ2v) is 9.44. The first-order valence-electron chi connectivity index (χ1n) is 12.5. The molecule has 0 atom stereocenters. The number of carboxylic acid groups (broad SMARTS) is 1. The number of alkyl halides is 6. The summed E-state index contributed by atoms with van der Waals surface area (Å²) >= 11 is 0. The topological polar surface area (TPSA) is 78.9 Å². The van der Waals surface area contributed by atoms with E-state index in [1.807, 2.05) is 6.07 Å². The van der Waals surface area contributed by atoms with Gasteiger partial charge in [-0.3, -0.25) is 9.69 Å². The number of halogens is 6. The number of nitrogens with zero attached hydrogens (tertiary/aromatic N) is 1. The maximum atomic E-state index is 12.7. The first kappa shape index (κ1) is 31.5. The first-order valence-corrected chi connectivity index (χ1v) is 12.5. The second kappa shape index (κ2) is 13.5. The largest absolute Gasteiger partial charge is 0.490 e. The highest BCUT2D eigenvalue weighted by Crippen LogP contribution is 2.29. The number of hydrogen-bond donors (Lipinski definition) is 2. The molecule has 4 rings (SSSR count). The summed E-state index contributed by atoms with van der Waals surface area (Å²) in [7, 11) is 0. The van der Waals surface area contributed by atoms with E-state index < -0.39 is 29.8 Å². The predicted octanol–water partition coefficient (Wildman–Crippen LogP) is 6.94. The van der Waals surface area contributed by atoms with Gasteiger partial charge in [0.15, 0.2) is 0 Å². The molecule has 0 spiro atoms. The van der Waals surface area contributed by atoms with Crippen molar-refractivity contribution in [1.82, 2.24) is 4.90 Å². The standard InChI is InChI=1S/C27H27F3N2O2.C2HF3O2/c1-19-5-7-20(8-6-19)18-32-15-13-24(14-16-32)34-25-4-2-3-23(17-25)31-26(33)21-9-11-22(12-10-21)27(28,29)30;3-2(4,5)1(6)7/h2-12,17,24H,13-16,18H2,1H3,(H,31,33);(H,6,7). The van der Waals surface area contributed by atoms with Gasteiger partial charge in [-0.25, -0.2) is 4.79 Å². The molecule has 1 saturated heterocycles. The number of nitrogens with one attached hydrogen (secondary N) is 1. The minimum atomic E-state index is -5.08. The van der Waals surface area contributed by atoms with E-state index in [-0.39, 0.29) is 11.7 Å². The van der Waals surface area contributed by atoms with Crippen LogP contribution in [0.2, 0.25) is 0 Å². The Labute approximate surface area is 232 Å². The lowest BCUT2D eigenvalue weighted by Crippen LogP contribution is -2.37. The summed E-state index contributed by atoms with van der Waals surface area (Å²) in [6.45, 7) is 4.91. The number of carbonyl (C=O) groups is 2. The van der Waals surface area contributed by atoms with Gasteiger partial charge in [0, 0.05) is 37.0 Å². The number of anilines is 1. The van der Waals surface area contributed by atoms with Crippen LogP contribution in [0, 0.1) is 6.92 Å². The molecule has 1 amide bonds. The third kappa shape index (κ3) is 10.1. The van der Waals surface area contributed by atoms with Crippen LogP contribution in [0.15, 0.2) is 72.8 Å². The maximum absolute atomic E-state index is 12.7. The quantitative estimate of drug-likeness (QED) is 0.308. The van der Waals surface area contributed by atoms with Gasteiger partial charge in [-0.1, -0.05) is 35.9 Å². The zero-order valence-corrected chi connectivity index (χ0v) is 21.9. The first-order chi connectivity index (χ1) is 19.2. The molecular formula is C29H28F6N2O4. The zero-order chi connectivity index (χ0) is 30.2. The molecule has 1 aliphatic rings. The van der Waals surface area contributed by atoms with E-state index in [9.17, 15) is 31.1 Å². The van der Waals surface area contributed by atoms with Crippen molar-refractivity contribution in [3.8, 4) is 5.75 Å². The molecule has 2 N–H and O–H groups in total. The smallest absolute Gasteiger partial charge is 0.490 e. The molecular weight excluding hydrogens is 554 g/mol. The Balaban J connectivity index is 0.000000587. The summed E-state index contributed by atoms with van der Waals surface area (Å²) in [5.41, 5.74) is 2.46. The lowest BCUT2D eigenvalue weighted by atomic mass is 10.1. The van der Waals surface area contributed by atoms with E-state index in [4.69, 9.17) is 14.6 Å². The Kier molecular flexibility index (Phi) is 10.4. The number of ether oxygens (including phenoxy) is 1. The van der Waals surface area contributed by atoms with Crippen LogP contribution in [0.25, 0.3) is 0 Å². The predicted molar refractivity (Wildman–Crippen MR) is 140 cm³/mol. The zero-order valence-electron chi connectivity index (χ0n) is 21.9. The highest BCUT2D eigenvalue weighted by molar-refractivity contribution is 6.04. The van der Waals surface area contributed by atoms with Gasteiger partial charge >= 0.3 is 18.3 Å². The Morgan fingerprint density at radius 1 is 0.927 bits per heavy atom. The van der Waals surface area contributed by atoms with E-state index in [1.54, 1.807) is 18.2 Å². The van der Waals surface area contributed by atoms with E-state index >= 15 is 0 Å². The van der Waals surface area contributed by atoms with Crippen LogP contribution in [0.1, 0.15) is 39.9 Å². The monoisotopic (exact) mass is 582 g/mol. The third-order valence-electron chi connectivity index (χ3n) is 6.17. The molecule has 1 heterocycles. The number of aliphatic carboxylic acids is 1. The number of carbonyl (C=O) groups excluding carboxylic acids is 1. The van der Waals surface area contributed by atoms with Gasteiger partial charge in [0.1, 0.15) is 11.9 Å². The van der Waals surface area contributed by atoms with Crippen LogP contribution < -0.4 is 10.1 Å². The molecule has 0 aliphatic carbocycles. The molecule has 41 heavy (non-hydrogen) atoms. The number of benzene rings is 3. The van der Waals surface area contributed by atoms with Crippen molar-refractivity contribution in [1.29, 1.82) is 0 Å². The molecule has 0 aromatic heterocycles. The van der Waals surface area contributed by atoms with Crippen LogP contribution in [0.3, 0.4) is 0 Å². The summed E-state index contributed by atoms with van der Waals surface area (Å²) in [6.07, 6.45) is -7.60. The number of rotatable bonds is 6. The van der Waals surface area contributed by atoms with Crippen molar-refractivity contribution in [2.45, 2.75) is 44.8 Å². The van der Waals surface area contributed by atoms with Gasteiger partial charge in [0.2, 0.25) is 0 Å². The Hall–Kier alpha value is -4.06. The van der Waals surface area contributed by atoms with Crippen LogP contribution in [-0.4, -0.2) is 47.3 Å². The lowest BCUT2D eigenvalue weighted by molar-refractivity contribution is -0.192. The average Bonchev–Trinajstić information content (AvgIpc) is 2.91. The van der Waals surface area contributed by atoms with Crippen molar-refractivity contribution in [2.75, 3.05) is 18.4 Å². The fourth-order valence-corrected chi connectivity index (χ4v) is 3.99. The summed E-state index contributed by atoms with van der Waals surface area (Å²) in [5.74, 6) is -2.58. The van der Waals surface area contributed by atoms with Crippen molar-refractivity contribution >= 4 is 17.6 Å². The third-order valence-corrected chi connectivity index (χ3v) is 6.17. The van der Waals surface area contributed by atoms with E-state index in [0.29, 0.717) is 11.4 Å². The van der Waals surface area contributed by atoms with Crippen LogP contribution >= 0.6 is 0 Å². The second-order valence-electron chi connectivity index (χ2n) is 9.44. The molecule has 3 aromatic carbocycles. The number of piperidine rings is 1. The average molecular weight is 583 g/mol. The molecule has 0 radical (unpaired) electrons. The molecule has 1 aliphatic heterocycles. The molecule has 0 unspecified atom stereocenters. The van der Waals surface area contributed by atoms with Gasteiger partial charge in [-0.15, -0.1) is 0 Å². The summed E-state index contributed by atoms with van der Waals surface area (Å²) in [6, 6.07) is 19.8. The maximum Gasteiger partial charge on any atom is 0.490 e. The van der Waals surface area contributed by atoms with Crippen molar-refractivity contribution in [3.63, 3.8) is 0 Å². The fourth-order valence-electron chi connectivity index (χ4n) is 3.99. The van der Waals surface area contributed by atoms with E-state index in [1.165, 1.54) is 23.3 Å². The summed E-state index contributed by atoms with van der Waals surface area (Å²) in [5, 5.41) is 9.85. The number of aryl methyl sites for hydroxylation is 1. The molecule has 12 heteroatoms. The minimum absolute atomic E-state index is 0.0927. The minimum Gasteiger partial charge on any atom is -0.490 e. The van der Waals surface area contributed by atoms with Gasteiger partial charge in [0.25, 0.3) is 5.91 Å². The number of carboxylic acids is 1. The number of amides is 1. The van der Waals surface area contributed by atoms with Crippen LogP contribution in [-0.2, 0) is 17.5 Å². The Morgan fingerprint density at radius 3 is 2.05 bits per heavy atom. The fraction of sp³-hybridized carbons (Fsp3) is 0.310. The summed E-state index contributed by atoms with van der Waals surface area (Å²) in [4.78, 5) is 23.8. The molecule has 0 saturated carbocycles. The normalized spacial score (nSPS) is 14.5. The molecule has 220 valence electrons. The van der Waals surface area contributed by atoms with Crippen LogP contribution in [0.5, 0.6) is 5.75 Å². The van der Waals surface area contributed by atoms with Gasteiger partial charge in [-0.2, -0.15) is 26.3 Å². The molecule has 0 bridgehead atoms. The van der Waals surface area contributed by atoms with Gasteiger partial charge in [0.05, 0.1) is 5.56 Å². The number of likely N-dealkylation sites (tertiary alicyclic amines) is 1. The van der Waals surface area contributed by atoms with Gasteiger partial charge < -0.3 is 15.2 Å². The van der Waals surface area contributed by atoms with Crippen molar-refractivity contribution < 1.29 is 45.8 Å². The highest BCUT2D eigenvalue weighted by atomic mass is 19.4. The van der Waals surface area contributed by atoms with Gasteiger partial charge in [-0.05, 0) is 61.7 Å². The highest BCUT2D eigenvalue weighted by Gasteiger charge is 2.38. The van der Waals surface area contributed by atoms with E-state index in [0.717, 1.165) is 44.6 Å². The summed E-state index contributed by atoms with van der Waals surface area (Å²) < 4.78 is 76.0. The molecule has 1 fully saturated rings. The van der Waals surface area contributed by atoms with Crippen molar-refractivity contribution in [2.24, 2.45) is 0 Å². The molecule has 6 nitrogen and oxygen atoms in total. The lowest BCUT2D eigenvalue weighted by Gasteiger charge is -2.32. The number of hydrogen-bond acceptors (Lipinski definition) is 4. The molecule has 3 aromatic rings. The van der Waals surface area contributed by atoms with E-state index in [2.05, 4.69) is 41.4 Å². The van der Waals surface area contributed by atoms with Crippen LogP contribution in [0.4, 0.5) is 32.0 Å². The Morgan fingerprint density at radius 2 is 1.51 bits per heavy atom. The SMILES string of the molecule is Cc1ccc(CN2CCC(Oc3cccc(NC(=O)c4ccc(C(F)(F)F)cc4)c3)CC2)cc1.O=C(O)C(F)(F)F.